The van der Waals surface area contributed by atoms with Crippen LogP contribution in [0.5, 0.6) is 0 Å². The van der Waals surface area contributed by atoms with Crippen molar-refractivity contribution in [1.82, 2.24) is 28.5 Å². The topological polar surface area (TPSA) is 65.0 Å². The number of aryl methyl sites for hydroxylation is 6. The number of para-hydroxylation sites is 3. The lowest BCUT2D eigenvalue weighted by molar-refractivity contribution is -0.617. The van der Waals surface area contributed by atoms with Crippen molar-refractivity contribution < 1.29 is 13.4 Å². The van der Waals surface area contributed by atoms with Crippen LogP contribution in [0, 0.1) is 20.8 Å². The number of hydrogen-bond acceptors (Lipinski definition) is 3. The van der Waals surface area contributed by atoms with Crippen molar-refractivity contribution in [3.05, 3.63) is 196 Å². The van der Waals surface area contributed by atoms with E-state index >= 15 is 0 Å². The van der Waals surface area contributed by atoms with Gasteiger partial charge in [-0.05, 0) is 240 Å². The van der Waals surface area contributed by atoms with E-state index < -0.39 is 0 Å². The molecule has 105 heavy (non-hydrogen) atoms. The molecule has 0 aliphatic heterocycles. The van der Waals surface area contributed by atoms with Gasteiger partial charge in [-0.3, -0.25) is 15.0 Å². The third-order valence-corrected chi connectivity index (χ3v) is 27.5. The summed E-state index contributed by atoms with van der Waals surface area (Å²) in [6, 6.07) is 49.3. The summed E-state index contributed by atoms with van der Waals surface area (Å²) in [7, 11) is 6.80. The Balaban J connectivity index is 0.000000108. The van der Waals surface area contributed by atoms with Gasteiger partial charge >= 0.3 is 0 Å². The fourth-order valence-corrected chi connectivity index (χ4v) is 22.1. The van der Waals surface area contributed by atoms with Gasteiger partial charge in [0.1, 0.15) is 16.6 Å². The van der Waals surface area contributed by atoms with E-state index in [4.69, 9.17) is 15.0 Å². The zero-order valence-corrected chi connectivity index (χ0v) is 63.6. The molecule has 6 aromatic carbocycles. The van der Waals surface area contributed by atoms with Crippen molar-refractivity contribution >= 4 is 115 Å². The maximum atomic E-state index is 5.00. The van der Waals surface area contributed by atoms with E-state index in [2.05, 4.69) is 196 Å². The number of pyridine rings is 6. The normalized spacial score (nSPS) is 18.3. The summed E-state index contributed by atoms with van der Waals surface area (Å²) in [6.45, 7) is 6.73. The Morgan fingerprint density at radius 2 is 0.752 bits per heavy atom. The summed E-state index contributed by atoms with van der Waals surface area (Å²) in [4.78, 5) is 14.9. The molecule has 0 saturated heterocycles. The predicted octanol–water partition coefficient (Wildman–Crippen LogP) is 24.1. The molecule has 534 valence electrons. The summed E-state index contributed by atoms with van der Waals surface area (Å²) < 4.78 is 15.1. The first-order valence-corrected chi connectivity index (χ1v) is 41.6. The second-order valence-corrected chi connectivity index (χ2v) is 33.7. The van der Waals surface area contributed by atoms with Crippen LogP contribution in [0.1, 0.15) is 278 Å². The number of rotatable bonds is 6. The highest BCUT2D eigenvalue weighted by Crippen LogP contribution is 2.46. The molecule has 0 unspecified atom stereocenters. The number of nitrogens with zero attached hydrogens (tertiary/aromatic N) is 9. The van der Waals surface area contributed by atoms with E-state index in [0.717, 1.165) is 22.5 Å². The number of imidazole rings is 3. The average molecular weight is 1390 g/mol. The van der Waals surface area contributed by atoms with Crippen molar-refractivity contribution in [1.29, 1.82) is 0 Å². The standard InChI is InChI=1S/3C32H36N3/c1-21-17-18-33-30-25-15-9-10-16-27(25)35-31-26(23-13-7-4-8-14-23)19-24(22-11-5-3-6-12-22)20-28(31)34(2)32(35)29(21)30;1-21-18-19-33-30-26-20-24(22-10-5-3-6-11-22)16-17-27(26)35-31-25(23-12-7-4-8-13-23)14-9-15-28(31)34(2)32(35)29(21)30;1-21-18-19-33-30-26-15-9-14-25(23-12-7-4-8-13-23)31(26)35-27-17-16-24(22-10-5-3-6-11-22)20-28(27)34(2)32(35)29(21)30/h9-10,15-20,22-23H,3-8,11-14H2,1-2H3;2*9,14-20,22-23H,3-8,10-13H2,1-2H3/q3*+1. The van der Waals surface area contributed by atoms with Crippen LogP contribution in [0.15, 0.2) is 146 Å². The van der Waals surface area contributed by atoms with Crippen molar-refractivity contribution in [3.63, 3.8) is 0 Å². The van der Waals surface area contributed by atoms with E-state index in [1.807, 2.05) is 18.6 Å². The Morgan fingerprint density at radius 3 is 1.34 bits per heavy atom. The van der Waals surface area contributed by atoms with Gasteiger partial charge in [-0.2, -0.15) is 13.2 Å². The van der Waals surface area contributed by atoms with Gasteiger partial charge in [-0.15, -0.1) is 0 Å². The number of benzene rings is 6. The molecule has 9 heteroatoms. The molecule has 0 radical (unpaired) electrons. The third kappa shape index (κ3) is 11.3. The average Bonchev–Trinajstić information content (AvgIpc) is 1.59. The summed E-state index contributed by atoms with van der Waals surface area (Å²) in [6.07, 6.45) is 46.6. The van der Waals surface area contributed by atoms with Crippen LogP contribution < -0.4 is 13.4 Å². The van der Waals surface area contributed by atoms with Crippen LogP contribution in [-0.2, 0) is 21.1 Å². The van der Waals surface area contributed by atoms with Gasteiger partial charge in [0.05, 0.1) is 53.9 Å². The Morgan fingerprint density at radius 1 is 0.324 bits per heavy atom. The third-order valence-electron chi connectivity index (χ3n) is 27.5. The molecule has 9 aromatic heterocycles. The molecule has 9 nitrogen and oxygen atoms in total. The SMILES string of the molecule is Cc1ccnc2c3cc(C4CCCCC4)ccc3n3c4c(C5CCCCC5)cccc4[n+](C)c3c12.Cc1ccnc2c3cccc(C4CCCCC4)c3[n+]3c4ccc(C5CCCCC5)cc4n(C)c3c12.Cc1ccnc2c3ccccc3[n+]3c4c(C5CCCCC5)cc(C5CCCCC5)cc4n(C)c3c12. The monoisotopic (exact) mass is 1390 g/mol. The molecule has 0 spiro atoms. The quantitative estimate of drug-likeness (QED) is 0.123. The Kier molecular flexibility index (Phi) is 17.7. The van der Waals surface area contributed by atoms with Gasteiger partial charge in [0.15, 0.2) is 33.1 Å². The van der Waals surface area contributed by atoms with Crippen LogP contribution in [0.3, 0.4) is 0 Å². The Labute approximate surface area is 619 Å². The second kappa shape index (κ2) is 27.8. The van der Waals surface area contributed by atoms with E-state index in [-0.39, 0.29) is 0 Å². The summed E-state index contributed by atoms with van der Waals surface area (Å²) in [5.74, 6) is 4.09. The highest BCUT2D eigenvalue weighted by Gasteiger charge is 2.36. The molecule has 0 atom stereocenters. The van der Waals surface area contributed by atoms with Crippen LogP contribution in [0.2, 0.25) is 0 Å². The molecular formula is C96H108N9+3. The van der Waals surface area contributed by atoms with E-state index in [9.17, 15) is 0 Å². The van der Waals surface area contributed by atoms with Gasteiger partial charge in [0.2, 0.25) is 0 Å². The number of hydrogen-bond donors (Lipinski definition) is 0. The molecule has 21 rings (SSSR count). The molecule has 9 heterocycles. The number of aromatic nitrogens is 9. The van der Waals surface area contributed by atoms with E-state index in [1.165, 1.54) is 330 Å². The Bertz CT molecular complexity index is 5860. The first kappa shape index (κ1) is 66.8. The second-order valence-electron chi connectivity index (χ2n) is 33.7. The molecular weight excluding hydrogens is 1280 g/mol. The lowest BCUT2D eigenvalue weighted by atomic mass is 9.79. The maximum absolute atomic E-state index is 5.00. The molecule has 6 aliphatic carbocycles. The maximum Gasteiger partial charge on any atom is 0.297 e. The van der Waals surface area contributed by atoms with Gasteiger partial charge < -0.3 is 0 Å². The van der Waals surface area contributed by atoms with E-state index in [1.54, 1.807) is 11.1 Å². The smallest absolute Gasteiger partial charge is 0.255 e. The molecule has 0 N–H and O–H groups in total. The zero-order chi connectivity index (χ0) is 70.6. The van der Waals surface area contributed by atoms with Crippen molar-refractivity contribution in [2.24, 2.45) is 21.1 Å². The summed E-state index contributed by atoms with van der Waals surface area (Å²) in [5.41, 5.74) is 32.7. The minimum atomic E-state index is 0.641. The fourth-order valence-electron chi connectivity index (χ4n) is 22.1. The van der Waals surface area contributed by atoms with Gasteiger partial charge in [-0.1, -0.05) is 170 Å². The minimum Gasteiger partial charge on any atom is -0.255 e. The molecule has 15 aromatic rings. The minimum absolute atomic E-state index is 0.641. The molecule has 0 amide bonds. The molecule has 0 bridgehead atoms. The summed E-state index contributed by atoms with van der Waals surface area (Å²) >= 11 is 0. The van der Waals surface area contributed by atoms with Crippen molar-refractivity contribution in [3.8, 4) is 0 Å². The van der Waals surface area contributed by atoms with Gasteiger partial charge in [0, 0.05) is 51.4 Å². The largest absolute Gasteiger partial charge is 0.297 e. The molecule has 6 saturated carbocycles. The van der Waals surface area contributed by atoms with E-state index in [0.29, 0.717) is 29.6 Å². The van der Waals surface area contributed by atoms with Gasteiger partial charge in [0.25, 0.3) is 16.9 Å². The first-order valence-electron chi connectivity index (χ1n) is 41.6. The van der Waals surface area contributed by atoms with Crippen LogP contribution >= 0.6 is 0 Å². The van der Waals surface area contributed by atoms with Crippen LogP contribution in [-0.4, -0.2) is 28.5 Å². The van der Waals surface area contributed by atoms with Gasteiger partial charge in [-0.25, -0.2) is 13.7 Å². The fraction of sp³-hybridized carbons (Fsp3) is 0.438. The molecule has 6 aliphatic rings. The van der Waals surface area contributed by atoms with Crippen LogP contribution in [0.4, 0.5) is 0 Å². The summed E-state index contributed by atoms with van der Waals surface area (Å²) in [5, 5.41) is 7.75. The lowest BCUT2D eigenvalue weighted by Gasteiger charge is -2.25. The molecule has 6 fully saturated rings. The zero-order valence-electron chi connectivity index (χ0n) is 63.6. The first-order chi connectivity index (χ1) is 51.7. The highest BCUT2D eigenvalue weighted by atomic mass is 15.1. The predicted molar refractivity (Wildman–Crippen MR) is 436 cm³/mol. The number of fused-ring (bicyclic) bond motifs is 24. The highest BCUT2D eigenvalue weighted by molar-refractivity contribution is 6.13. The van der Waals surface area contributed by atoms with Crippen LogP contribution in [0.25, 0.3) is 115 Å². The van der Waals surface area contributed by atoms with Crippen molar-refractivity contribution in [2.75, 3.05) is 0 Å². The lowest BCUT2D eigenvalue weighted by Crippen LogP contribution is -2.27. The Hall–Kier alpha value is -8.82. The van der Waals surface area contributed by atoms with Crippen molar-refractivity contribution in [2.45, 2.75) is 249 Å².